The Balaban J connectivity index is 1.34. The van der Waals surface area contributed by atoms with Crippen molar-refractivity contribution in [1.82, 2.24) is 9.97 Å². The van der Waals surface area contributed by atoms with Crippen LogP contribution in [-0.2, 0) is 4.74 Å². The summed E-state index contributed by atoms with van der Waals surface area (Å²) in [5.41, 5.74) is 2.11. The highest BCUT2D eigenvalue weighted by atomic mass is 16.5. The molecule has 3 heterocycles. The summed E-state index contributed by atoms with van der Waals surface area (Å²) in [6, 6.07) is 16.4. The van der Waals surface area contributed by atoms with E-state index in [4.69, 9.17) is 19.4 Å². The van der Waals surface area contributed by atoms with E-state index in [1.807, 2.05) is 24.3 Å². The lowest BCUT2D eigenvalue weighted by molar-refractivity contribution is 0.120. The number of nitrogens with one attached hydrogen (secondary N) is 1. The van der Waals surface area contributed by atoms with Crippen LogP contribution in [0.15, 0.2) is 48.5 Å². The predicted molar refractivity (Wildman–Crippen MR) is 124 cm³/mol. The summed E-state index contributed by atoms with van der Waals surface area (Å²) in [6.07, 6.45) is 2.51. The molecule has 5 rings (SSSR count). The summed E-state index contributed by atoms with van der Waals surface area (Å²) in [5, 5.41) is 4.58. The van der Waals surface area contributed by atoms with E-state index in [-0.39, 0.29) is 6.10 Å². The average molecular weight is 420 g/mol. The average Bonchev–Trinajstić information content (AvgIpc) is 3.36. The van der Waals surface area contributed by atoms with Gasteiger partial charge in [-0.2, -0.15) is 4.98 Å². The monoisotopic (exact) mass is 419 g/mol. The molecule has 0 radical (unpaired) electrons. The minimum Gasteiger partial charge on any atom is -0.495 e. The second-order valence-electron chi connectivity index (χ2n) is 8.05. The van der Waals surface area contributed by atoms with E-state index in [1.165, 1.54) is 0 Å². The van der Waals surface area contributed by atoms with Crippen molar-refractivity contribution >= 4 is 28.4 Å². The van der Waals surface area contributed by atoms with Crippen molar-refractivity contribution in [1.29, 1.82) is 0 Å². The molecule has 31 heavy (non-hydrogen) atoms. The lowest BCUT2D eigenvalue weighted by Gasteiger charge is -2.36. The molecule has 3 aromatic rings. The van der Waals surface area contributed by atoms with Crippen molar-refractivity contribution in [3.8, 4) is 5.75 Å². The molecule has 0 saturated carbocycles. The van der Waals surface area contributed by atoms with Gasteiger partial charge in [-0.3, -0.25) is 0 Å². The van der Waals surface area contributed by atoms with Crippen molar-refractivity contribution < 1.29 is 9.47 Å². The summed E-state index contributed by atoms with van der Waals surface area (Å²) in [7, 11) is 1.73. The van der Waals surface area contributed by atoms with E-state index in [2.05, 4.69) is 39.4 Å². The van der Waals surface area contributed by atoms with Crippen LogP contribution in [0, 0.1) is 0 Å². The van der Waals surface area contributed by atoms with Gasteiger partial charge in [-0.25, -0.2) is 4.98 Å². The van der Waals surface area contributed by atoms with Crippen LogP contribution in [0.2, 0.25) is 0 Å². The Morgan fingerprint density at radius 3 is 2.58 bits per heavy atom. The van der Waals surface area contributed by atoms with Crippen LogP contribution in [0.5, 0.6) is 5.75 Å². The Morgan fingerprint density at radius 1 is 1.00 bits per heavy atom. The topological polar surface area (TPSA) is 62.8 Å². The molecule has 2 saturated heterocycles. The summed E-state index contributed by atoms with van der Waals surface area (Å²) < 4.78 is 11.3. The molecule has 0 bridgehead atoms. The predicted octanol–water partition coefficient (Wildman–Crippen LogP) is 3.56. The largest absolute Gasteiger partial charge is 0.495 e. The van der Waals surface area contributed by atoms with Gasteiger partial charge < -0.3 is 24.6 Å². The maximum Gasteiger partial charge on any atom is 0.228 e. The molecule has 1 atom stereocenters. The molecule has 0 aliphatic carbocycles. The number of benzene rings is 2. The fourth-order valence-corrected chi connectivity index (χ4v) is 4.39. The van der Waals surface area contributed by atoms with Crippen LogP contribution < -0.4 is 19.9 Å². The molecule has 2 fully saturated rings. The van der Waals surface area contributed by atoms with E-state index in [0.717, 1.165) is 86.3 Å². The number of methoxy groups -OCH3 is 1. The number of aromatic nitrogens is 2. The van der Waals surface area contributed by atoms with Gasteiger partial charge in [-0.1, -0.05) is 24.3 Å². The van der Waals surface area contributed by atoms with Crippen molar-refractivity contribution in [2.24, 2.45) is 0 Å². The van der Waals surface area contributed by atoms with E-state index in [1.54, 1.807) is 7.11 Å². The number of ether oxygens (including phenoxy) is 2. The standard InChI is InChI=1S/C24H29N5O2/c1-30-22-11-5-4-10-21(22)28-12-14-29(15-13-28)24-26-20-9-3-2-8-19(20)23(27-24)25-17-18-7-6-16-31-18/h2-5,8-11,18H,6-7,12-17H2,1H3,(H,25,26,27). The van der Waals surface area contributed by atoms with Crippen molar-refractivity contribution in [3.05, 3.63) is 48.5 Å². The quantitative estimate of drug-likeness (QED) is 0.655. The number of para-hydroxylation sites is 3. The van der Waals surface area contributed by atoms with Crippen LogP contribution in [0.25, 0.3) is 10.9 Å². The van der Waals surface area contributed by atoms with Gasteiger partial charge in [0.2, 0.25) is 5.95 Å². The number of hydrogen-bond donors (Lipinski definition) is 1. The van der Waals surface area contributed by atoms with Crippen LogP contribution in [0.3, 0.4) is 0 Å². The normalized spacial score (nSPS) is 19.1. The molecule has 1 N–H and O–H groups in total. The minimum atomic E-state index is 0.265. The SMILES string of the molecule is COc1ccccc1N1CCN(c2nc(NCC3CCCO3)c3ccccc3n2)CC1. The molecule has 2 aliphatic heterocycles. The number of anilines is 3. The van der Waals surface area contributed by atoms with E-state index in [0.29, 0.717) is 0 Å². The highest BCUT2D eigenvalue weighted by molar-refractivity contribution is 5.90. The lowest BCUT2D eigenvalue weighted by atomic mass is 10.2. The minimum absolute atomic E-state index is 0.265. The van der Waals surface area contributed by atoms with Crippen molar-refractivity contribution in [2.75, 3.05) is 61.6 Å². The van der Waals surface area contributed by atoms with Gasteiger partial charge in [0, 0.05) is 44.7 Å². The van der Waals surface area contributed by atoms with Crippen molar-refractivity contribution in [2.45, 2.75) is 18.9 Å². The van der Waals surface area contributed by atoms with Crippen LogP contribution in [-0.4, -0.2) is 62.5 Å². The van der Waals surface area contributed by atoms with Gasteiger partial charge >= 0.3 is 0 Å². The third-order valence-electron chi connectivity index (χ3n) is 6.10. The first-order chi connectivity index (χ1) is 15.3. The Hall–Kier alpha value is -3.06. The van der Waals surface area contributed by atoms with E-state index in [9.17, 15) is 0 Å². The fraction of sp³-hybridized carbons (Fsp3) is 0.417. The first-order valence-electron chi connectivity index (χ1n) is 11.1. The third kappa shape index (κ3) is 4.23. The zero-order valence-corrected chi connectivity index (χ0v) is 18.0. The van der Waals surface area contributed by atoms with Gasteiger partial charge in [0.1, 0.15) is 11.6 Å². The summed E-state index contributed by atoms with van der Waals surface area (Å²) in [5.74, 6) is 2.59. The van der Waals surface area contributed by atoms with Crippen LogP contribution in [0.1, 0.15) is 12.8 Å². The van der Waals surface area contributed by atoms with E-state index >= 15 is 0 Å². The van der Waals surface area contributed by atoms with Gasteiger partial charge in [-0.15, -0.1) is 0 Å². The van der Waals surface area contributed by atoms with Crippen molar-refractivity contribution in [3.63, 3.8) is 0 Å². The number of fused-ring (bicyclic) bond motifs is 1. The molecule has 2 aliphatic rings. The number of hydrogen-bond acceptors (Lipinski definition) is 7. The smallest absolute Gasteiger partial charge is 0.228 e. The molecule has 0 amide bonds. The zero-order valence-electron chi connectivity index (χ0n) is 18.0. The van der Waals surface area contributed by atoms with Crippen LogP contribution >= 0.6 is 0 Å². The molecule has 1 unspecified atom stereocenters. The number of nitrogens with zero attached hydrogens (tertiary/aromatic N) is 4. The Morgan fingerprint density at radius 2 is 1.77 bits per heavy atom. The van der Waals surface area contributed by atoms with Gasteiger partial charge in [0.15, 0.2) is 0 Å². The van der Waals surface area contributed by atoms with Crippen LogP contribution in [0.4, 0.5) is 17.5 Å². The lowest BCUT2D eigenvalue weighted by Crippen LogP contribution is -2.47. The van der Waals surface area contributed by atoms with E-state index < -0.39 is 0 Å². The molecule has 2 aromatic carbocycles. The van der Waals surface area contributed by atoms with Gasteiger partial charge in [-0.05, 0) is 37.1 Å². The highest BCUT2D eigenvalue weighted by Gasteiger charge is 2.23. The molecule has 162 valence electrons. The molecular formula is C24H29N5O2. The van der Waals surface area contributed by atoms with Gasteiger partial charge in [0.25, 0.3) is 0 Å². The number of rotatable bonds is 6. The Bertz CT molecular complexity index is 1030. The molecule has 0 spiro atoms. The third-order valence-corrected chi connectivity index (χ3v) is 6.10. The van der Waals surface area contributed by atoms with Gasteiger partial charge in [0.05, 0.1) is 24.4 Å². The summed E-state index contributed by atoms with van der Waals surface area (Å²) in [6.45, 7) is 5.16. The Labute approximate surface area is 183 Å². The molecule has 1 aromatic heterocycles. The first kappa shape index (κ1) is 19.9. The second kappa shape index (κ2) is 8.98. The molecule has 7 heteroatoms. The second-order valence-corrected chi connectivity index (χ2v) is 8.05. The maximum absolute atomic E-state index is 5.77. The Kier molecular flexibility index (Phi) is 5.76. The molecular weight excluding hydrogens is 390 g/mol. The number of piperazine rings is 1. The fourth-order valence-electron chi connectivity index (χ4n) is 4.39. The summed E-state index contributed by atoms with van der Waals surface area (Å²) >= 11 is 0. The molecule has 7 nitrogen and oxygen atoms in total. The highest BCUT2D eigenvalue weighted by Crippen LogP contribution is 2.30. The zero-order chi connectivity index (χ0) is 21.0. The summed E-state index contributed by atoms with van der Waals surface area (Å²) in [4.78, 5) is 14.4. The maximum atomic E-state index is 5.77. The first-order valence-corrected chi connectivity index (χ1v) is 11.1.